The first kappa shape index (κ1) is 6.71. The van der Waals surface area contributed by atoms with Gasteiger partial charge in [0.05, 0.1) is 6.04 Å². The molecule has 1 fully saturated rings. The molecule has 0 radical (unpaired) electrons. The molecule has 0 aliphatic carbocycles. The number of rotatable bonds is 1. The predicted molar refractivity (Wildman–Crippen MR) is 32.9 cm³/mol. The third-order valence-electron chi connectivity index (χ3n) is 1.87. The molecule has 0 aromatic rings. The quantitative estimate of drug-likeness (QED) is 0.490. The molecule has 0 aromatic carbocycles. The minimum absolute atomic E-state index is 0.0556. The van der Waals surface area contributed by atoms with Gasteiger partial charge in [-0.3, -0.25) is 4.90 Å². The number of carbonyl (C=O) groups excluding carboxylic acids is 1. The molecule has 1 aliphatic heterocycles. The highest BCUT2D eigenvalue weighted by Crippen LogP contribution is 2.17. The minimum atomic E-state index is -0.403. The molecule has 1 aliphatic rings. The van der Waals surface area contributed by atoms with Crippen LogP contribution in [0.25, 0.3) is 0 Å². The molecule has 0 aromatic heterocycles. The second kappa shape index (κ2) is 2.45. The maximum atomic E-state index is 10.2. The summed E-state index contributed by atoms with van der Waals surface area (Å²) in [5.74, 6) is 0. The maximum Gasteiger partial charge on any atom is 0.137 e. The van der Waals surface area contributed by atoms with Gasteiger partial charge in [-0.05, 0) is 19.9 Å². The van der Waals surface area contributed by atoms with E-state index in [1.807, 2.05) is 0 Å². The summed E-state index contributed by atoms with van der Waals surface area (Å²) in [5.41, 5.74) is 0. The van der Waals surface area contributed by atoms with E-state index in [1.54, 1.807) is 11.9 Å². The molecule has 0 saturated carbocycles. The van der Waals surface area contributed by atoms with E-state index >= 15 is 0 Å². The molecule has 9 heavy (non-hydrogen) atoms. The van der Waals surface area contributed by atoms with Crippen molar-refractivity contribution in [1.29, 1.82) is 0 Å². The van der Waals surface area contributed by atoms with E-state index in [-0.39, 0.29) is 6.04 Å². The zero-order chi connectivity index (χ0) is 6.85. The van der Waals surface area contributed by atoms with E-state index in [1.165, 1.54) is 0 Å². The third-order valence-corrected chi connectivity index (χ3v) is 1.87. The molecule has 0 spiro atoms. The smallest absolute Gasteiger partial charge is 0.137 e. The molecule has 1 heterocycles. The van der Waals surface area contributed by atoms with E-state index in [9.17, 15) is 4.79 Å². The van der Waals surface area contributed by atoms with Crippen molar-refractivity contribution in [2.45, 2.75) is 25.1 Å². The molecular formula is C6H11NO2. The monoisotopic (exact) mass is 129 g/mol. The van der Waals surface area contributed by atoms with Crippen molar-refractivity contribution in [2.24, 2.45) is 0 Å². The van der Waals surface area contributed by atoms with Crippen LogP contribution in [-0.4, -0.2) is 35.6 Å². The van der Waals surface area contributed by atoms with Gasteiger partial charge in [-0.1, -0.05) is 0 Å². The first-order chi connectivity index (χ1) is 4.25. The molecule has 0 bridgehead atoms. The number of nitrogens with zero attached hydrogens (tertiary/aromatic N) is 1. The van der Waals surface area contributed by atoms with Crippen LogP contribution >= 0.6 is 0 Å². The molecule has 1 unspecified atom stereocenters. The largest absolute Gasteiger partial charge is 0.378 e. The predicted octanol–water partition coefficient (Wildman–Crippen LogP) is -0.402. The highest BCUT2D eigenvalue weighted by atomic mass is 16.3. The van der Waals surface area contributed by atoms with Crippen molar-refractivity contribution < 1.29 is 9.90 Å². The van der Waals surface area contributed by atoms with Crippen molar-refractivity contribution in [3.63, 3.8) is 0 Å². The van der Waals surface area contributed by atoms with Gasteiger partial charge < -0.3 is 9.90 Å². The average Bonchev–Trinajstić information content (AvgIpc) is 2.15. The number of carbonyl (C=O) groups is 1. The molecule has 2 atom stereocenters. The second-order valence-electron chi connectivity index (χ2n) is 2.43. The second-order valence-corrected chi connectivity index (χ2v) is 2.43. The first-order valence-corrected chi connectivity index (χ1v) is 3.11. The Balaban J connectivity index is 2.50. The lowest BCUT2D eigenvalue weighted by Crippen LogP contribution is -2.32. The van der Waals surface area contributed by atoms with Gasteiger partial charge in [-0.15, -0.1) is 0 Å². The molecule has 1 rings (SSSR count). The van der Waals surface area contributed by atoms with Gasteiger partial charge in [0.25, 0.3) is 0 Å². The fourth-order valence-electron chi connectivity index (χ4n) is 1.11. The number of likely N-dealkylation sites (N-methyl/N-ethyl adjacent to an activating group) is 1. The first-order valence-electron chi connectivity index (χ1n) is 3.11. The van der Waals surface area contributed by atoms with Crippen LogP contribution in [0.1, 0.15) is 12.8 Å². The van der Waals surface area contributed by atoms with Crippen LogP contribution in [0.2, 0.25) is 0 Å². The van der Waals surface area contributed by atoms with E-state index < -0.39 is 6.23 Å². The summed E-state index contributed by atoms with van der Waals surface area (Å²) < 4.78 is 0. The summed E-state index contributed by atoms with van der Waals surface area (Å²) in [5, 5.41) is 9.07. The van der Waals surface area contributed by atoms with Gasteiger partial charge in [0.15, 0.2) is 0 Å². The maximum absolute atomic E-state index is 10.2. The van der Waals surface area contributed by atoms with Gasteiger partial charge in [0.1, 0.15) is 12.5 Å². The van der Waals surface area contributed by atoms with Crippen molar-refractivity contribution in [3.8, 4) is 0 Å². The van der Waals surface area contributed by atoms with E-state index in [4.69, 9.17) is 5.11 Å². The fourth-order valence-corrected chi connectivity index (χ4v) is 1.11. The van der Waals surface area contributed by atoms with Crippen LogP contribution in [0.5, 0.6) is 0 Å². The number of aliphatic hydroxyl groups excluding tert-OH is 1. The summed E-state index contributed by atoms with van der Waals surface area (Å²) >= 11 is 0. The summed E-state index contributed by atoms with van der Waals surface area (Å²) in [6, 6.07) is -0.0556. The van der Waals surface area contributed by atoms with Crippen LogP contribution < -0.4 is 0 Å². The Hall–Kier alpha value is -0.410. The van der Waals surface area contributed by atoms with Gasteiger partial charge >= 0.3 is 0 Å². The standard InChI is InChI=1S/C6H11NO2/c1-7-5(4-8)2-3-6(7)9/h4-6,9H,2-3H2,1H3/t5?,6-/m1/s1. The number of aliphatic hydroxyl groups is 1. The van der Waals surface area contributed by atoms with Crippen LogP contribution in [0, 0.1) is 0 Å². The van der Waals surface area contributed by atoms with Gasteiger partial charge in [-0.25, -0.2) is 0 Å². The molecule has 3 heteroatoms. The molecule has 0 amide bonds. The van der Waals surface area contributed by atoms with Crippen LogP contribution in [0.15, 0.2) is 0 Å². The van der Waals surface area contributed by atoms with Crippen molar-refractivity contribution in [3.05, 3.63) is 0 Å². The van der Waals surface area contributed by atoms with Gasteiger partial charge in [0.2, 0.25) is 0 Å². The van der Waals surface area contributed by atoms with Crippen molar-refractivity contribution in [1.82, 2.24) is 4.90 Å². The van der Waals surface area contributed by atoms with Crippen LogP contribution in [0.3, 0.4) is 0 Å². The van der Waals surface area contributed by atoms with Crippen LogP contribution in [0.4, 0.5) is 0 Å². The summed E-state index contributed by atoms with van der Waals surface area (Å²) in [6.45, 7) is 0. The Labute approximate surface area is 54.3 Å². The van der Waals surface area contributed by atoms with Gasteiger partial charge in [-0.2, -0.15) is 0 Å². The number of hydrogen-bond donors (Lipinski definition) is 1. The molecule has 52 valence electrons. The van der Waals surface area contributed by atoms with Crippen molar-refractivity contribution in [2.75, 3.05) is 7.05 Å². The van der Waals surface area contributed by atoms with Crippen LogP contribution in [-0.2, 0) is 4.79 Å². The Morgan fingerprint density at radius 2 is 2.33 bits per heavy atom. The highest BCUT2D eigenvalue weighted by Gasteiger charge is 2.27. The number of likely N-dealkylation sites (tertiary alicyclic amines) is 1. The highest BCUT2D eigenvalue weighted by molar-refractivity contribution is 5.58. The topological polar surface area (TPSA) is 40.5 Å². The Morgan fingerprint density at radius 1 is 1.67 bits per heavy atom. The molecule has 1 saturated heterocycles. The summed E-state index contributed by atoms with van der Waals surface area (Å²) in [6.07, 6.45) is 2.00. The zero-order valence-electron chi connectivity index (χ0n) is 5.45. The molecular weight excluding hydrogens is 118 g/mol. The Morgan fingerprint density at radius 3 is 2.56 bits per heavy atom. The third kappa shape index (κ3) is 1.11. The minimum Gasteiger partial charge on any atom is -0.378 e. The molecule has 1 N–H and O–H groups in total. The van der Waals surface area contributed by atoms with E-state index in [0.717, 1.165) is 19.1 Å². The van der Waals surface area contributed by atoms with Gasteiger partial charge in [0, 0.05) is 0 Å². The lowest BCUT2D eigenvalue weighted by molar-refractivity contribution is -0.112. The van der Waals surface area contributed by atoms with Crippen molar-refractivity contribution >= 4 is 6.29 Å². The number of aldehydes is 1. The average molecular weight is 129 g/mol. The Kier molecular flexibility index (Phi) is 1.83. The SMILES string of the molecule is CN1C(C=O)CC[C@H]1O. The fraction of sp³-hybridized carbons (Fsp3) is 0.833. The molecule has 3 nitrogen and oxygen atoms in total. The Bertz CT molecular complexity index is 116. The normalized spacial score (nSPS) is 37.1. The van der Waals surface area contributed by atoms with E-state index in [0.29, 0.717) is 0 Å². The number of hydrogen-bond acceptors (Lipinski definition) is 3. The summed E-state index contributed by atoms with van der Waals surface area (Å²) in [7, 11) is 1.76. The van der Waals surface area contributed by atoms with E-state index in [2.05, 4.69) is 0 Å². The zero-order valence-corrected chi connectivity index (χ0v) is 5.45. The summed E-state index contributed by atoms with van der Waals surface area (Å²) in [4.78, 5) is 11.9. The lowest BCUT2D eigenvalue weighted by atomic mass is 10.2. The lowest BCUT2D eigenvalue weighted by Gasteiger charge is -2.16.